The number of benzene rings is 1. The maximum Gasteiger partial charge on any atom is 0.136 e. The number of hydrogen-bond acceptors (Lipinski definition) is 3. The summed E-state index contributed by atoms with van der Waals surface area (Å²) in [5.74, 6) is -0.838. The van der Waals surface area contributed by atoms with Crippen molar-refractivity contribution in [3.63, 3.8) is 0 Å². The van der Waals surface area contributed by atoms with Gasteiger partial charge in [0.05, 0.1) is 5.25 Å². The summed E-state index contributed by atoms with van der Waals surface area (Å²) in [6, 6.07) is 7.34. The van der Waals surface area contributed by atoms with Gasteiger partial charge in [-0.1, -0.05) is 13.0 Å². The molecular weight excluding hydrogens is 284 g/mol. The van der Waals surface area contributed by atoms with Crippen LogP contribution in [0.1, 0.15) is 23.5 Å². The van der Waals surface area contributed by atoms with Crippen LogP contribution in [-0.4, -0.2) is 6.04 Å². The zero-order chi connectivity index (χ0) is 13.8. The van der Waals surface area contributed by atoms with Crippen molar-refractivity contribution in [2.24, 2.45) is 5.73 Å². The van der Waals surface area contributed by atoms with Crippen LogP contribution in [0, 0.1) is 11.6 Å². The SMILES string of the molecule is CCC(N)C(Sc1cc(F)ccc1F)c1cccs1. The molecule has 0 spiro atoms. The molecule has 1 nitrogen and oxygen atoms in total. The zero-order valence-electron chi connectivity index (χ0n) is 10.5. The predicted molar refractivity (Wildman–Crippen MR) is 77.5 cm³/mol. The smallest absolute Gasteiger partial charge is 0.136 e. The van der Waals surface area contributed by atoms with Crippen LogP contribution in [0.2, 0.25) is 0 Å². The first kappa shape index (κ1) is 14.5. The first-order valence-electron chi connectivity index (χ1n) is 6.02. The van der Waals surface area contributed by atoms with Crippen molar-refractivity contribution in [1.29, 1.82) is 0 Å². The molecular formula is C14H15F2NS2. The summed E-state index contributed by atoms with van der Waals surface area (Å²) in [4.78, 5) is 1.39. The molecule has 19 heavy (non-hydrogen) atoms. The highest BCUT2D eigenvalue weighted by atomic mass is 32.2. The van der Waals surface area contributed by atoms with Crippen molar-refractivity contribution in [3.05, 3.63) is 52.2 Å². The maximum absolute atomic E-state index is 13.7. The standard InChI is InChI=1S/C14H15F2NS2/c1-2-11(17)14(12-4-3-7-18-12)19-13-8-9(15)5-6-10(13)16/h3-8,11,14H,2,17H2,1H3. The molecule has 0 fully saturated rings. The number of halogens is 2. The van der Waals surface area contributed by atoms with E-state index < -0.39 is 11.6 Å². The summed E-state index contributed by atoms with van der Waals surface area (Å²) in [5, 5.41) is 1.91. The summed E-state index contributed by atoms with van der Waals surface area (Å²) < 4.78 is 26.9. The van der Waals surface area contributed by atoms with Crippen molar-refractivity contribution in [3.8, 4) is 0 Å². The normalized spacial score (nSPS) is 14.3. The van der Waals surface area contributed by atoms with Crippen molar-refractivity contribution in [2.75, 3.05) is 0 Å². The average molecular weight is 299 g/mol. The first-order chi connectivity index (χ1) is 9.11. The Morgan fingerprint density at radius 3 is 2.74 bits per heavy atom. The van der Waals surface area contributed by atoms with Gasteiger partial charge in [-0.2, -0.15) is 0 Å². The monoisotopic (exact) mass is 299 g/mol. The summed E-state index contributed by atoms with van der Waals surface area (Å²) in [7, 11) is 0. The highest BCUT2D eigenvalue weighted by Crippen LogP contribution is 2.41. The van der Waals surface area contributed by atoms with E-state index in [0.717, 1.165) is 23.4 Å². The summed E-state index contributed by atoms with van der Waals surface area (Å²) in [5.41, 5.74) is 6.11. The summed E-state index contributed by atoms with van der Waals surface area (Å²) in [6.45, 7) is 1.99. The Labute approximate surface area is 119 Å². The Morgan fingerprint density at radius 1 is 1.32 bits per heavy atom. The van der Waals surface area contributed by atoms with E-state index in [1.54, 1.807) is 11.3 Å². The lowest BCUT2D eigenvalue weighted by atomic mass is 10.1. The van der Waals surface area contributed by atoms with Crippen LogP contribution in [0.3, 0.4) is 0 Å². The number of hydrogen-bond donors (Lipinski definition) is 1. The third-order valence-electron chi connectivity index (χ3n) is 2.83. The molecule has 0 aliphatic carbocycles. The summed E-state index contributed by atoms with van der Waals surface area (Å²) in [6.07, 6.45) is 0.784. The molecule has 5 heteroatoms. The van der Waals surface area contributed by atoms with E-state index in [-0.39, 0.29) is 11.3 Å². The lowest BCUT2D eigenvalue weighted by Crippen LogP contribution is -2.25. The Kier molecular flexibility index (Phi) is 4.96. The topological polar surface area (TPSA) is 26.0 Å². The lowest BCUT2D eigenvalue weighted by Gasteiger charge is -2.21. The van der Waals surface area contributed by atoms with Crippen LogP contribution in [0.4, 0.5) is 8.78 Å². The van der Waals surface area contributed by atoms with E-state index in [1.165, 1.54) is 17.8 Å². The Bertz CT molecular complexity index is 528. The quantitative estimate of drug-likeness (QED) is 0.817. The van der Waals surface area contributed by atoms with E-state index >= 15 is 0 Å². The molecule has 0 saturated heterocycles. The van der Waals surface area contributed by atoms with Gasteiger partial charge in [0.2, 0.25) is 0 Å². The molecule has 0 radical (unpaired) electrons. The number of nitrogens with two attached hydrogens (primary N) is 1. The predicted octanol–water partition coefficient (Wildman–Crippen LogP) is 4.60. The maximum atomic E-state index is 13.7. The molecule has 0 aliphatic heterocycles. The lowest BCUT2D eigenvalue weighted by molar-refractivity contribution is 0.575. The molecule has 2 rings (SSSR count). The number of rotatable bonds is 5. The Balaban J connectivity index is 2.28. The average Bonchev–Trinajstić information content (AvgIpc) is 2.92. The zero-order valence-corrected chi connectivity index (χ0v) is 12.1. The van der Waals surface area contributed by atoms with Crippen molar-refractivity contribution in [2.45, 2.75) is 29.5 Å². The molecule has 2 N–H and O–H groups in total. The molecule has 1 aromatic heterocycles. The van der Waals surface area contributed by atoms with Crippen molar-refractivity contribution in [1.82, 2.24) is 0 Å². The fourth-order valence-corrected chi connectivity index (χ4v) is 4.02. The van der Waals surface area contributed by atoms with Gasteiger partial charge in [-0.15, -0.1) is 23.1 Å². The molecule has 1 aromatic carbocycles. The van der Waals surface area contributed by atoms with Crippen LogP contribution in [0.15, 0.2) is 40.6 Å². The Hall–Kier alpha value is -0.910. The fraction of sp³-hybridized carbons (Fsp3) is 0.286. The fourth-order valence-electron chi connectivity index (χ4n) is 1.73. The molecule has 0 aliphatic rings. The van der Waals surface area contributed by atoms with Crippen molar-refractivity contribution >= 4 is 23.1 Å². The third-order valence-corrected chi connectivity index (χ3v) is 5.36. The van der Waals surface area contributed by atoms with Gasteiger partial charge in [-0.3, -0.25) is 0 Å². The van der Waals surface area contributed by atoms with Gasteiger partial charge in [0.1, 0.15) is 11.6 Å². The van der Waals surface area contributed by atoms with E-state index in [9.17, 15) is 8.78 Å². The van der Waals surface area contributed by atoms with Gasteiger partial charge in [0.15, 0.2) is 0 Å². The van der Waals surface area contributed by atoms with E-state index in [0.29, 0.717) is 4.90 Å². The minimum Gasteiger partial charge on any atom is -0.326 e. The molecule has 2 atom stereocenters. The van der Waals surface area contributed by atoms with Gasteiger partial charge < -0.3 is 5.73 Å². The highest BCUT2D eigenvalue weighted by molar-refractivity contribution is 7.99. The van der Waals surface area contributed by atoms with Gasteiger partial charge in [0.25, 0.3) is 0 Å². The number of thiophene rings is 1. The first-order valence-corrected chi connectivity index (χ1v) is 7.78. The molecule has 1 heterocycles. The number of thioether (sulfide) groups is 1. The largest absolute Gasteiger partial charge is 0.326 e. The minimum absolute atomic E-state index is 0.0544. The second kappa shape index (κ2) is 6.50. The minimum atomic E-state index is -0.432. The van der Waals surface area contributed by atoms with E-state index in [4.69, 9.17) is 5.73 Å². The third kappa shape index (κ3) is 3.55. The van der Waals surface area contributed by atoms with Gasteiger partial charge in [0, 0.05) is 15.8 Å². The molecule has 2 unspecified atom stereocenters. The van der Waals surface area contributed by atoms with Crippen LogP contribution in [-0.2, 0) is 0 Å². The second-order valence-corrected chi connectivity index (χ2v) is 6.36. The Morgan fingerprint density at radius 2 is 2.11 bits per heavy atom. The molecule has 0 saturated carbocycles. The van der Waals surface area contributed by atoms with Crippen LogP contribution in [0.5, 0.6) is 0 Å². The van der Waals surface area contributed by atoms with E-state index in [1.807, 2.05) is 24.4 Å². The van der Waals surface area contributed by atoms with Crippen LogP contribution >= 0.6 is 23.1 Å². The van der Waals surface area contributed by atoms with Gasteiger partial charge in [-0.25, -0.2) is 8.78 Å². The molecule has 0 bridgehead atoms. The van der Waals surface area contributed by atoms with Crippen molar-refractivity contribution < 1.29 is 8.78 Å². The molecule has 0 amide bonds. The molecule has 2 aromatic rings. The van der Waals surface area contributed by atoms with Crippen LogP contribution in [0.25, 0.3) is 0 Å². The van der Waals surface area contributed by atoms with Gasteiger partial charge >= 0.3 is 0 Å². The summed E-state index contributed by atoms with van der Waals surface area (Å²) >= 11 is 2.88. The van der Waals surface area contributed by atoms with Crippen LogP contribution < -0.4 is 5.73 Å². The highest BCUT2D eigenvalue weighted by Gasteiger charge is 2.22. The van der Waals surface area contributed by atoms with Gasteiger partial charge in [-0.05, 0) is 36.1 Å². The molecule has 102 valence electrons. The van der Waals surface area contributed by atoms with E-state index in [2.05, 4.69) is 0 Å². The second-order valence-electron chi connectivity index (χ2n) is 4.20.